The molecule has 0 saturated heterocycles. The maximum Gasteiger partial charge on any atom is 0.153 e. The van der Waals surface area contributed by atoms with Gasteiger partial charge in [0.15, 0.2) is 5.82 Å². The summed E-state index contributed by atoms with van der Waals surface area (Å²) in [6.07, 6.45) is 1.66. The largest absolute Gasteiger partial charge is 0.378 e. The fraction of sp³-hybridized carbons (Fsp3) is 0.167. The SMILES string of the molecule is Cc1nnnn1-c1cccc(NCc2ncc(Cl)s2)c1. The topological polar surface area (TPSA) is 68.5 Å². The van der Waals surface area contributed by atoms with E-state index in [-0.39, 0.29) is 0 Å². The van der Waals surface area contributed by atoms with Gasteiger partial charge in [-0.3, -0.25) is 0 Å². The highest BCUT2D eigenvalue weighted by Gasteiger charge is 2.05. The van der Waals surface area contributed by atoms with Crippen molar-refractivity contribution in [2.24, 2.45) is 0 Å². The molecule has 2 heterocycles. The monoisotopic (exact) mass is 306 g/mol. The Morgan fingerprint density at radius 3 is 3.00 bits per heavy atom. The van der Waals surface area contributed by atoms with E-state index in [0.717, 1.165) is 22.2 Å². The van der Waals surface area contributed by atoms with Gasteiger partial charge in [0.2, 0.25) is 0 Å². The van der Waals surface area contributed by atoms with Gasteiger partial charge in [-0.1, -0.05) is 17.7 Å². The molecule has 0 spiro atoms. The Labute approximate surface area is 124 Å². The molecule has 0 radical (unpaired) electrons. The van der Waals surface area contributed by atoms with Crippen molar-refractivity contribution >= 4 is 28.6 Å². The summed E-state index contributed by atoms with van der Waals surface area (Å²) in [6.45, 7) is 2.49. The molecule has 3 aromatic rings. The second kappa shape index (κ2) is 5.56. The van der Waals surface area contributed by atoms with Crippen LogP contribution in [0.4, 0.5) is 5.69 Å². The normalized spacial score (nSPS) is 10.7. The summed E-state index contributed by atoms with van der Waals surface area (Å²) >= 11 is 7.32. The van der Waals surface area contributed by atoms with E-state index >= 15 is 0 Å². The van der Waals surface area contributed by atoms with Crippen LogP contribution in [0.5, 0.6) is 0 Å². The lowest BCUT2D eigenvalue weighted by atomic mass is 10.2. The average Bonchev–Trinajstić information content (AvgIpc) is 3.05. The molecule has 0 amide bonds. The number of halogens is 1. The third-order valence-corrected chi connectivity index (χ3v) is 3.80. The second-order valence-electron chi connectivity index (χ2n) is 4.10. The molecule has 0 fully saturated rings. The molecule has 1 N–H and O–H groups in total. The van der Waals surface area contributed by atoms with E-state index in [1.165, 1.54) is 11.3 Å². The van der Waals surface area contributed by atoms with Crippen LogP contribution in [0.2, 0.25) is 4.34 Å². The van der Waals surface area contributed by atoms with Gasteiger partial charge in [-0.15, -0.1) is 16.4 Å². The van der Waals surface area contributed by atoms with Gasteiger partial charge < -0.3 is 5.32 Å². The Hall–Kier alpha value is -1.99. The zero-order valence-electron chi connectivity index (χ0n) is 10.6. The molecule has 0 bridgehead atoms. The van der Waals surface area contributed by atoms with Crippen LogP contribution in [-0.2, 0) is 6.54 Å². The van der Waals surface area contributed by atoms with Crippen LogP contribution in [0.15, 0.2) is 30.5 Å². The van der Waals surface area contributed by atoms with Crippen LogP contribution in [0.1, 0.15) is 10.8 Å². The van der Waals surface area contributed by atoms with Gasteiger partial charge in [0, 0.05) is 5.69 Å². The van der Waals surface area contributed by atoms with E-state index in [4.69, 9.17) is 11.6 Å². The fourth-order valence-electron chi connectivity index (χ4n) is 1.77. The van der Waals surface area contributed by atoms with Crippen LogP contribution in [-0.4, -0.2) is 25.2 Å². The van der Waals surface area contributed by atoms with Gasteiger partial charge in [0.1, 0.15) is 9.34 Å². The molecule has 0 unspecified atom stereocenters. The molecular formula is C12H11ClN6S. The van der Waals surface area contributed by atoms with Crippen molar-refractivity contribution in [1.82, 2.24) is 25.2 Å². The highest BCUT2D eigenvalue weighted by Crippen LogP contribution is 2.20. The number of benzene rings is 1. The summed E-state index contributed by atoms with van der Waals surface area (Å²) in [5, 5.41) is 15.7. The first kappa shape index (κ1) is 13.0. The molecule has 6 nitrogen and oxygen atoms in total. The summed E-state index contributed by atoms with van der Waals surface area (Å²) in [5.41, 5.74) is 1.89. The zero-order chi connectivity index (χ0) is 13.9. The van der Waals surface area contributed by atoms with Crippen LogP contribution >= 0.6 is 22.9 Å². The van der Waals surface area contributed by atoms with Crippen LogP contribution < -0.4 is 5.32 Å². The molecule has 2 aromatic heterocycles. The van der Waals surface area contributed by atoms with Crippen molar-refractivity contribution in [3.8, 4) is 5.69 Å². The highest BCUT2D eigenvalue weighted by atomic mass is 35.5. The standard InChI is InChI=1S/C12H11ClN6S/c1-8-16-17-18-19(8)10-4-2-3-9(5-10)14-7-12-15-6-11(13)20-12/h2-6,14H,7H2,1H3. The summed E-state index contributed by atoms with van der Waals surface area (Å²) in [4.78, 5) is 4.20. The molecule has 20 heavy (non-hydrogen) atoms. The number of nitrogens with zero attached hydrogens (tertiary/aromatic N) is 5. The molecule has 0 atom stereocenters. The molecule has 1 aromatic carbocycles. The fourth-order valence-corrected chi connectivity index (χ4v) is 2.66. The summed E-state index contributed by atoms with van der Waals surface area (Å²) in [6, 6.07) is 7.87. The lowest BCUT2D eigenvalue weighted by Gasteiger charge is -2.07. The summed E-state index contributed by atoms with van der Waals surface area (Å²) in [7, 11) is 0. The van der Waals surface area contributed by atoms with E-state index < -0.39 is 0 Å². The number of aromatic nitrogens is 5. The molecular weight excluding hydrogens is 296 g/mol. The number of hydrogen-bond acceptors (Lipinski definition) is 6. The maximum atomic E-state index is 5.86. The maximum absolute atomic E-state index is 5.86. The molecule has 3 rings (SSSR count). The Bertz CT molecular complexity index is 722. The lowest BCUT2D eigenvalue weighted by molar-refractivity contribution is 0.779. The molecule has 8 heteroatoms. The van der Waals surface area contributed by atoms with Crippen LogP contribution in [0.25, 0.3) is 5.69 Å². The third kappa shape index (κ3) is 2.78. The minimum absolute atomic E-state index is 0.634. The van der Waals surface area contributed by atoms with Gasteiger partial charge in [-0.05, 0) is 35.5 Å². The lowest BCUT2D eigenvalue weighted by Crippen LogP contribution is -2.02. The molecule has 0 aliphatic heterocycles. The van der Waals surface area contributed by atoms with Gasteiger partial charge >= 0.3 is 0 Å². The summed E-state index contributed by atoms with van der Waals surface area (Å²) < 4.78 is 2.38. The highest BCUT2D eigenvalue weighted by molar-refractivity contribution is 7.15. The van der Waals surface area contributed by atoms with E-state index in [0.29, 0.717) is 10.9 Å². The average molecular weight is 307 g/mol. The van der Waals surface area contributed by atoms with E-state index in [1.807, 2.05) is 31.2 Å². The third-order valence-electron chi connectivity index (χ3n) is 2.69. The van der Waals surface area contributed by atoms with E-state index in [9.17, 15) is 0 Å². The van der Waals surface area contributed by atoms with Crippen molar-refractivity contribution < 1.29 is 0 Å². The number of aryl methyl sites for hydroxylation is 1. The first-order valence-electron chi connectivity index (χ1n) is 5.92. The van der Waals surface area contributed by atoms with Gasteiger partial charge in [0.05, 0.1) is 18.4 Å². The summed E-state index contributed by atoms with van der Waals surface area (Å²) in [5.74, 6) is 0.744. The van der Waals surface area contributed by atoms with Crippen LogP contribution in [0.3, 0.4) is 0 Å². The Balaban J connectivity index is 1.76. The Morgan fingerprint density at radius 2 is 2.30 bits per heavy atom. The first-order chi connectivity index (χ1) is 9.72. The number of rotatable bonds is 4. The first-order valence-corrected chi connectivity index (χ1v) is 7.11. The predicted molar refractivity (Wildman–Crippen MR) is 78.3 cm³/mol. The van der Waals surface area contributed by atoms with Crippen molar-refractivity contribution in [3.63, 3.8) is 0 Å². The predicted octanol–water partition coefficient (Wildman–Crippen LogP) is 2.69. The number of tetrazole rings is 1. The Morgan fingerprint density at radius 1 is 1.40 bits per heavy atom. The molecule has 102 valence electrons. The molecule has 0 aliphatic rings. The minimum atomic E-state index is 0.634. The number of nitrogens with one attached hydrogen (secondary N) is 1. The van der Waals surface area contributed by atoms with Crippen molar-refractivity contribution in [2.75, 3.05) is 5.32 Å². The van der Waals surface area contributed by atoms with Crippen molar-refractivity contribution in [1.29, 1.82) is 0 Å². The van der Waals surface area contributed by atoms with E-state index in [2.05, 4.69) is 25.8 Å². The van der Waals surface area contributed by atoms with E-state index in [1.54, 1.807) is 10.9 Å². The van der Waals surface area contributed by atoms with Gasteiger partial charge in [0.25, 0.3) is 0 Å². The quantitative estimate of drug-likeness (QED) is 0.802. The zero-order valence-corrected chi connectivity index (χ0v) is 12.2. The van der Waals surface area contributed by atoms with Gasteiger partial charge in [-0.2, -0.15) is 4.68 Å². The smallest absolute Gasteiger partial charge is 0.153 e. The van der Waals surface area contributed by atoms with Gasteiger partial charge in [-0.25, -0.2) is 4.98 Å². The minimum Gasteiger partial charge on any atom is -0.378 e. The molecule has 0 aliphatic carbocycles. The van der Waals surface area contributed by atoms with Crippen molar-refractivity contribution in [3.05, 3.63) is 45.6 Å². The number of anilines is 1. The van der Waals surface area contributed by atoms with Crippen molar-refractivity contribution in [2.45, 2.75) is 13.5 Å². The Kier molecular flexibility index (Phi) is 3.62. The second-order valence-corrected chi connectivity index (χ2v) is 5.85. The molecule has 0 saturated carbocycles. The number of hydrogen-bond donors (Lipinski definition) is 1. The van der Waals surface area contributed by atoms with Crippen LogP contribution in [0, 0.1) is 6.92 Å². The number of thiazole rings is 1.